The summed E-state index contributed by atoms with van der Waals surface area (Å²) in [5.74, 6) is 0.626. The van der Waals surface area contributed by atoms with Crippen molar-refractivity contribution in [3.8, 4) is 34.0 Å². The topological polar surface area (TPSA) is 88.4 Å². The number of aromatic hydroxyl groups is 1. The van der Waals surface area contributed by atoms with Gasteiger partial charge in [-0.05, 0) is 63.4 Å². The zero-order valence-electron chi connectivity index (χ0n) is 24.2. The predicted molar refractivity (Wildman–Crippen MR) is 162 cm³/mol. The van der Waals surface area contributed by atoms with Crippen molar-refractivity contribution in [2.24, 2.45) is 0 Å². The molecule has 10 heteroatoms. The molecule has 2 fully saturated rings. The quantitative estimate of drug-likeness (QED) is 0.418. The molecule has 2 aromatic heterocycles. The molecule has 216 valence electrons. The Morgan fingerprint density at radius 2 is 1.85 bits per heavy atom. The Morgan fingerprint density at radius 1 is 1.07 bits per heavy atom. The van der Waals surface area contributed by atoms with Gasteiger partial charge in [0.25, 0.3) is 0 Å². The number of aryl methyl sites for hydroxylation is 1. The first-order valence-electron chi connectivity index (χ1n) is 14.0. The number of pyridine rings is 2. The zero-order chi connectivity index (χ0) is 29.1. The molecule has 1 spiro atoms. The van der Waals surface area contributed by atoms with Crippen molar-refractivity contribution in [2.75, 3.05) is 43.6 Å². The third kappa shape index (κ3) is 4.66. The fourth-order valence-electron chi connectivity index (χ4n) is 6.52. The second-order valence-electron chi connectivity index (χ2n) is 11.6. The molecule has 0 radical (unpaired) electrons. The molecule has 0 bridgehead atoms. The maximum Gasteiger partial charge on any atom is 0.237 e. The Bertz CT molecular complexity index is 1510. The smallest absolute Gasteiger partial charge is 0.237 e. The number of rotatable bonds is 6. The second kappa shape index (κ2) is 10.4. The first-order chi connectivity index (χ1) is 19.6. The minimum absolute atomic E-state index is 0.0565. The number of nitrogens with zero attached hydrogens (tertiary/aromatic N) is 6. The molecular weight excluding hydrogens is 540 g/mol. The van der Waals surface area contributed by atoms with Gasteiger partial charge < -0.3 is 29.6 Å². The van der Waals surface area contributed by atoms with Gasteiger partial charge in [0.1, 0.15) is 17.1 Å². The number of hydrogen-bond acceptors (Lipinski definition) is 9. The Hall–Kier alpha value is -3.53. The van der Waals surface area contributed by atoms with Crippen molar-refractivity contribution in [1.82, 2.24) is 19.8 Å². The van der Waals surface area contributed by atoms with Gasteiger partial charge in [-0.1, -0.05) is 17.7 Å². The number of anilines is 2. The summed E-state index contributed by atoms with van der Waals surface area (Å²) in [7, 11) is 3.43. The largest absolute Gasteiger partial charge is 0.505 e. The van der Waals surface area contributed by atoms with Gasteiger partial charge in [0, 0.05) is 73.7 Å². The molecule has 0 amide bonds. The van der Waals surface area contributed by atoms with Crippen LogP contribution >= 0.6 is 11.6 Å². The van der Waals surface area contributed by atoms with Crippen molar-refractivity contribution in [3.63, 3.8) is 0 Å². The lowest BCUT2D eigenvalue weighted by molar-refractivity contribution is -0.0237. The van der Waals surface area contributed by atoms with Crippen LogP contribution in [0.15, 0.2) is 48.9 Å². The summed E-state index contributed by atoms with van der Waals surface area (Å²) in [5.41, 5.74) is 5.08. The van der Waals surface area contributed by atoms with E-state index in [4.69, 9.17) is 21.3 Å². The van der Waals surface area contributed by atoms with Crippen molar-refractivity contribution in [3.05, 3.63) is 59.6 Å². The van der Waals surface area contributed by atoms with E-state index in [-0.39, 0.29) is 11.3 Å². The number of hydrogen-bond donors (Lipinski definition) is 2. The molecule has 0 saturated carbocycles. The molecule has 5 heterocycles. The van der Waals surface area contributed by atoms with Gasteiger partial charge in [0.2, 0.25) is 12.2 Å². The van der Waals surface area contributed by atoms with Crippen molar-refractivity contribution < 1.29 is 14.9 Å². The van der Waals surface area contributed by atoms with E-state index in [1.54, 1.807) is 48.6 Å². The van der Waals surface area contributed by atoms with Gasteiger partial charge >= 0.3 is 0 Å². The Balaban J connectivity index is 1.34. The first kappa shape index (κ1) is 27.6. The van der Waals surface area contributed by atoms with Gasteiger partial charge in [0.15, 0.2) is 0 Å². The van der Waals surface area contributed by atoms with E-state index < -0.39 is 6.35 Å². The molecule has 6 rings (SSSR count). The van der Waals surface area contributed by atoms with Crippen LogP contribution in [0.1, 0.15) is 32.4 Å². The highest BCUT2D eigenvalue weighted by Crippen LogP contribution is 2.45. The van der Waals surface area contributed by atoms with Crippen LogP contribution in [0.3, 0.4) is 0 Å². The molecule has 2 atom stereocenters. The number of aliphatic hydroxyl groups excluding tert-OH is 1. The van der Waals surface area contributed by atoms with E-state index in [1.807, 2.05) is 31.2 Å². The van der Waals surface area contributed by atoms with Gasteiger partial charge in [-0.2, -0.15) is 0 Å². The third-order valence-electron chi connectivity index (χ3n) is 8.76. The molecule has 41 heavy (non-hydrogen) atoms. The van der Waals surface area contributed by atoms with E-state index >= 15 is 0 Å². The molecule has 0 aliphatic carbocycles. The Labute approximate surface area is 246 Å². The SMILES string of the molecule is COc1ncc(-c2nc(C)cc(-c3ccc(N4C=CN(C)C4O)c(Cl)c3)c2O)cc1N1CC[C@@]2(CCN2C(C)C)C1. The lowest BCUT2D eigenvalue weighted by Gasteiger charge is -2.53. The van der Waals surface area contributed by atoms with Gasteiger partial charge in [-0.15, -0.1) is 0 Å². The van der Waals surface area contributed by atoms with Crippen molar-refractivity contribution in [2.45, 2.75) is 51.5 Å². The molecule has 3 aliphatic rings. The molecule has 1 unspecified atom stereocenters. The van der Waals surface area contributed by atoms with E-state index in [1.165, 1.54) is 6.42 Å². The highest BCUT2D eigenvalue weighted by Gasteiger charge is 2.50. The monoisotopic (exact) mass is 576 g/mol. The number of methoxy groups -OCH3 is 1. The number of aromatic nitrogens is 2. The fourth-order valence-corrected chi connectivity index (χ4v) is 6.80. The number of aliphatic hydroxyl groups is 1. The molecule has 2 saturated heterocycles. The standard InChI is InChI=1S/C31H37ClN6O3/c1-19(2)38-11-9-31(38)8-10-36(18-31)26-16-22(17-33-29(26)41-5)27-28(39)23(14-20(3)34-27)21-6-7-25(24(32)15-21)37-13-12-35(4)30(37)40/h6-7,12-17,19,30,39-40H,8-11,18H2,1-5H3/t30?,31-/m1/s1. The van der Waals surface area contributed by atoms with Gasteiger partial charge in [-0.25, -0.2) is 9.97 Å². The molecule has 3 aromatic rings. The van der Waals surface area contributed by atoms with Crippen LogP contribution < -0.4 is 14.5 Å². The molecule has 2 N–H and O–H groups in total. The molecule has 1 aromatic carbocycles. The van der Waals surface area contributed by atoms with Crippen LogP contribution in [0.5, 0.6) is 11.6 Å². The lowest BCUT2D eigenvalue weighted by atomic mass is 9.82. The Kier molecular flexibility index (Phi) is 7.00. The highest BCUT2D eigenvalue weighted by atomic mass is 35.5. The molecular formula is C31H37ClN6O3. The maximum atomic E-state index is 11.5. The summed E-state index contributed by atoms with van der Waals surface area (Å²) in [6, 6.07) is 9.93. The average molecular weight is 577 g/mol. The summed E-state index contributed by atoms with van der Waals surface area (Å²) in [6.07, 6.45) is 6.74. The molecule has 3 aliphatic heterocycles. The summed E-state index contributed by atoms with van der Waals surface area (Å²) >= 11 is 6.68. The zero-order valence-corrected chi connectivity index (χ0v) is 24.9. The van der Waals surface area contributed by atoms with Crippen molar-refractivity contribution >= 4 is 23.0 Å². The van der Waals surface area contributed by atoms with Crippen LogP contribution in [-0.4, -0.2) is 81.7 Å². The van der Waals surface area contributed by atoms with Crippen LogP contribution in [0.2, 0.25) is 5.02 Å². The minimum atomic E-state index is -0.832. The van der Waals surface area contributed by atoms with Crippen LogP contribution in [0, 0.1) is 6.92 Å². The predicted octanol–water partition coefficient (Wildman–Crippen LogP) is 5.05. The lowest BCUT2D eigenvalue weighted by Crippen LogP contribution is -2.63. The average Bonchev–Trinajstić information content (AvgIpc) is 3.54. The normalized spacial score (nSPS) is 22.3. The summed E-state index contributed by atoms with van der Waals surface area (Å²) in [5, 5.41) is 22.4. The van der Waals surface area contributed by atoms with Crippen LogP contribution in [0.4, 0.5) is 11.4 Å². The third-order valence-corrected chi connectivity index (χ3v) is 9.06. The van der Waals surface area contributed by atoms with Crippen LogP contribution in [-0.2, 0) is 0 Å². The van der Waals surface area contributed by atoms with E-state index in [9.17, 15) is 10.2 Å². The van der Waals surface area contributed by atoms with Gasteiger partial charge in [0.05, 0.1) is 17.8 Å². The number of halogens is 1. The van der Waals surface area contributed by atoms with Crippen molar-refractivity contribution in [1.29, 1.82) is 0 Å². The Morgan fingerprint density at radius 3 is 2.49 bits per heavy atom. The number of ether oxygens (including phenoxy) is 1. The first-order valence-corrected chi connectivity index (χ1v) is 14.4. The van der Waals surface area contributed by atoms with E-state index in [0.717, 1.165) is 48.6 Å². The minimum Gasteiger partial charge on any atom is -0.505 e. The number of likely N-dealkylation sites (tertiary alicyclic amines) is 1. The van der Waals surface area contributed by atoms with E-state index in [2.05, 4.69) is 28.6 Å². The second-order valence-corrected chi connectivity index (χ2v) is 12.0. The summed E-state index contributed by atoms with van der Waals surface area (Å²) < 4.78 is 5.68. The summed E-state index contributed by atoms with van der Waals surface area (Å²) in [6.45, 7) is 9.42. The van der Waals surface area contributed by atoms with E-state index in [0.29, 0.717) is 33.9 Å². The maximum absolute atomic E-state index is 11.5. The number of benzene rings is 1. The molecule has 9 nitrogen and oxygen atoms in total. The fraction of sp³-hybridized carbons (Fsp3) is 0.419. The van der Waals surface area contributed by atoms with Gasteiger partial charge in [-0.3, -0.25) is 4.90 Å². The van der Waals surface area contributed by atoms with Crippen LogP contribution in [0.25, 0.3) is 22.4 Å². The highest BCUT2D eigenvalue weighted by molar-refractivity contribution is 6.33. The summed E-state index contributed by atoms with van der Waals surface area (Å²) in [4.78, 5) is 17.7.